The monoisotopic (exact) mass is 126 g/mol. The zero-order chi connectivity index (χ0) is 6.69. The normalized spacial score (nSPS) is 8.00. The summed E-state index contributed by atoms with van der Waals surface area (Å²) in [5.74, 6) is -0.129. The van der Waals surface area contributed by atoms with Gasteiger partial charge in [-0.3, -0.25) is 0 Å². The Hall–Kier alpha value is -0.643. The van der Waals surface area contributed by atoms with Crippen molar-refractivity contribution in [3.8, 4) is 0 Å². The Morgan fingerprint density at radius 1 is 1.20 bits per heavy atom. The standard InChI is InChI=1S/C8H8O.Li/c1-7(9)8-5-3-2-4-6-8;/h2-6,9H,1H2;/q;+1/p-1. The van der Waals surface area contributed by atoms with Gasteiger partial charge in [0.05, 0.1) is 0 Å². The zero-order valence-corrected chi connectivity index (χ0v) is 6.00. The van der Waals surface area contributed by atoms with E-state index in [1.807, 2.05) is 18.2 Å². The first-order valence-corrected chi connectivity index (χ1v) is 2.72. The largest absolute Gasteiger partial charge is 1.00 e. The minimum Gasteiger partial charge on any atom is -0.872 e. The molecule has 0 amide bonds. The Kier molecular flexibility index (Phi) is 3.95. The average molecular weight is 126 g/mol. The molecule has 0 radical (unpaired) electrons. The third-order valence-corrected chi connectivity index (χ3v) is 1.10. The van der Waals surface area contributed by atoms with Crippen molar-refractivity contribution in [2.45, 2.75) is 0 Å². The Labute approximate surface area is 72.6 Å². The van der Waals surface area contributed by atoms with E-state index in [0.29, 0.717) is 5.56 Å². The molecule has 0 aliphatic rings. The van der Waals surface area contributed by atoms with E-state index in [9.17, 15) is 5.11 Å². The molecule has 1 aromatic rings. The molecule has 1 rings (SSSR count). The van der Waals surface area contributed by atoms with Gasteiger partial charge in [0, 0.05) is 0 Å². The second kappa shape index (κ2) is 4.22. The maximum absolute atomic E-state index is 10.5. The third kappa shape index (κ3) is 2.31. The second-order valence-electron chi connectivity index (χ2n) is 1.79. The smallest absolute Gasteiger partial charge is 0.872 e. The average Bonchev–Trinajstić information content (AvgIpc) is 1.90. The van der Waals surface area contributed by atoms with Crippen molar-refractivity contribution in [1.82, 2.24) is 0 Å². The van der Waals surface area contributed by atoms with Crippen LogP contribution in [0.3, 0.4) is 0 Å². The van der Waals surface area contributed by atoms with Gasteiger partial charge in [-0.05, 0) is 5.56 Å². The van der Waals surface area contributed by atoms with Gasteiger partial charge in [0.25, 0.3) is 0 Å². The van der Waals surface area contributed by atoms with E-state index in [1.165, 1.54) is 0 Å². The van der Waals surface area contributed by atoms with Crippen LogP contribution < -0.4 is 24.0 Å². The van der Waals surface area contributed by atoms with Gasteiger partial charge >= 0.3 is 18.9 Å². The molecular weight excluding hydrogens is 119 g/mol. The molecule has 0 unspecified atom stereocenters. The van der Waals surface area contributed by atoms with Gasteiger partial charge in [-0.25, -0.2) is 0 Å². The van der Waals surface area contributed by atoms with Crippen LogP contribution in [-0.4, -0.2) is 0 Å². The first-order valence-electron chi connectivity index (χ1n) is 2.72. The van der Waals surface area contributed by atoms with Gasteiger partial charge < -0.3 is 5.11 Å². The van der Waals surface area contributed by atoms with E-state index in [2.05, 4.69) is 6.58 Å². The van der Waals surface area contributed by atoms with Crippen molar-refractivity contribution in [1.29, 1.82) is 0 Å². The van der Waals surface area contributed by atoms with Crippen LogP contribution in [0.1, 0.15) is 5.56 Å². The molecule has 0 fully saturated rings. The Balaban J connectivity index is 0.000000810. The molecule has 0 saturated heterocycles. The number of rotatable bonds is 1. The Morgan fingerprint density at radius 2 is 1.70 bits per heavy atom. The summed E-state index contributed by atoms with van der Waals surface area (Å²) < 4.78 is 0. The molecule has 10 heavy (non-hydrogen) atoms. The molecule has 46 valence electrons. The molecule has 0 heterocycles. The summed E-state index contributed by atoms with van der Waals surface area (Å²) in [6.45, 7) is 3.27. The topological polar surface area (TPSA) is 23.1 Å². The van der Waals surface area contributed by atoms with Crippen LogP contribution >= 0.6 is 0 Å². The van der Waals surface area contributed by atoms with Gasteiger partial charge in [0.1, 0.15) is 0 Å². The fourth-order valence-corrected chi connectivity index (χ4v) is 0.624. The molecule has 0 aliphatic carbocycles. The first kappa shape index (κ1) is 9.36. The van der Waals surface area contributed by atoms with Crippen LogP contribution in [-0.2, 0) is 0 Å². The van der Waals surface area contributed by atoms with Gasteiger partial charge in [-0.2, -0.15) is 0 Å². The van der Waals surface area contributed by atoms with Gasteiger partial charge in [0.15, 0.2) is 0 Å². The molecule has 0 aromatic heterocycles. The summed E-state index contributed by atoms with van der Waals surface area (Å²) in [5, 5.41) is 10.5. The van der Waals surface area contributed by atoms with E-state index in [4.69, 9.17) is 0 Å². The quantitative estimate of drug-likeness (QED) is 0.316. The predicted molar refractivity (Wildman–Crippen MR) is 35.5 cm³/mol. The van der Waals surface area contributed by atoms with Gasteiger partial charge in [-0.1, -0.05) is 30.3 Å². The molecule has 0 spiro atoms. The molecule has 1 nitrogen and oxygen atoms in total. The van der Waals surface area contributed by atoms with Crippen LogP contribution in [0.4, 0.5) is 0 Å². The van der Waals surface area contributed by atoms with E-state index in [1.54, 1.807) is 12.1 Å². The van der Waals surface area contributed by atoms with Crippen molar-refractivity contribution in [3.05, 3.63) is 42.5 Å². The van der Waals surface area contributed by atoms with Crippen molar-refractivity contribution in [2.75, 3.05) is 0 Å². The van der Waals surface area contributed by atoms with Crippen LogP contribution in [0.25, 0.3) is 5.76 Å². The molecular formula is C8H7LiO. The van der Waals surface area contributed by atoms with Crippen LogP contribution in [0.2, 0.25) is 0 Å². The molecule has 0 N–H and O–H groups in total. The maximum Gasteiger partial charge on any atom is 1.00 e. The van der Waals surface area contributed by atoms with Crippen molar-refractivity contribution in [2.24, 2.45) is 0 Å². The second-order valence-corrected chi connectivity index (χ2v) is 1.79. The maximum atomic E-state index is 10.5. The first-order chi connectivity index (χ1) is 4.30. The minimum absolute atomic E-state index is 0. The van der Waals surface area contributed by atoms with Crippen LogP contribution in [0.5, 0.6) is 0 Å². The minimum atomic E-state index is -0.129. The van der Waals surface area contributed by atoms with E-state index in [-0.39, 0.29) is 24.6 Å². The molecule has 1 aromatic carbocycles. The zero-order valence-electron chi connectivity index (χ0n) is 6.00. The summed E-state index contributed by atoms with van der Waals surface area (Å²) in [6, 6.07) is 8.99. The van der Waals surface area contributed by atoms with Gasteiger partial charge in [-0.15, -0.1) is 12.3 Å². The van der Waals surface area contributed by atoms with Gasteiger partial charge in [0.2, 0.25) is 0 Å². The van der Waals surface area contributed by atoms with Crippen LogP contribution in [0, 0.1) is 0 Å². The van der Waals surface area contributed by atoms with E-state index < -0.39 is 0 Å². The SMILES string of the molecule is C=C([O-])c1ccccc1.[Li+]. The van der Waals surface area contributed by atoms with Crippen molar-refractivity contribution in [3.63, 3.8) is 0 Å². The summed E-state index contributed by atoms with van der Waals surface area (Å²) in [4.78, 5) is 0. The predicted octanol–water partition coefficient (Wildman–Crippen LogP) is -1.98. The third-order valence-electron chi connectivity index (χ3n) is 1.10. The Bertz CT molecular complexity index is 206. The fourth-order valence-electron chi connectivity index (χ4n) is 0.624. The van der Waals surface area contributed by atoms with Crippen molar-refractivity contribution >= 4 is 5.76 Å². The summed E-state index contributed by atoms with van der Waals surface area (Å²) in [6.07, 6.45) is 0. The molecule has 2 heteroatoms. The van der Waals surface area contributed by atoms with Crippen LogP contribution in [0.15, 0.2) is 36.9 Å². The molecule has 0 saturated carbocycles. The summed E-state index contributed by atoms with van der Waals surface area (Å²) >= 11 is 0. The number of hydrogen-bond acceptors (Lipinski definition) is 1. The summed E-state index contributed by atoms with van der Waals surface area (Å²) in [7, 11) is 0. The van der Waals surface area contributed by atoms with Crippen molar-refractivity contribution < 1.29 is 24.0 Å². The fraction of sp³-hybridized carbons (Fsp3) is 0. The summed E-state index contributed by atoms with van der Waals surface area (Å²) in [5.41, 5.74) is 0.664. The molecule has 0 bridgehead atoms. The Morgan fingerprint density at radius 3 is 2.00 bits per heavy atom. The molecule has 0 atom stereocenters. The molecule has 0 aliphatic heterocycles. The van der Waals surface area contributed by atoms with E-state index in [0.717, 1.165) is 0 Å². The number of hydrogen-bond donors (Lipinski definition) is 0. The van der Waals surface area contributed by atoms with E-state index >= 15 is 0 Å². The number of benzene rings is 1.